The van der Waals surface area contributed by atoms with Gasteiger partial charge in [0.1, 0.15) is 5.76 Å². The van der Waals surface area contributed by atoms with Crippen LogP contribution in [0.15, 0.2) is 25.0 Å². The molecular weight excluding hydrogens is 102 g/mol. The summed E-state index contributed by atoms with van der Waals surface area (Å²) in [5, 5.41) is 8.58. The van der Waals surface area contributed by atoms with Crippen LogP contribution in [0.3, 0.4) is 0 Å². The Kier molecular flexibility index (Phi) is 2.96. The van der Waals surface area contributed by atoms with Crippen molar-refractivity contribution < 1.29 is 5.11 Å². The average Bonchev–Trinajstić information content (AvgIpc) is 1.67. The normalized spacial score (nSPS) is 12.6. The van der Waals surface area contributed by atoms with Crippen LogP contribution in [0.5, 0.6) is 0 Å². The number of hydrogen-bond donors (Lipinski definition) is 2. The lowest BCUT2D eigenvalue weighted by Crippen LogP contribution is -2.20. The molecule has 0 aromatic rings. The van der Waals surface area contributed by atoms with Crippen molar-refractivity contribution in [3.63, 3.8) is 0 Å². The minimum absolute atomic E-state index is 0.0184. The molecule has 0 rings (SSSR count). The number of aliphatic hydroxyl groups excluding tert-OH is 1. The molecule has 1 atom stereocenters. The van der Waals surface area contributed by atoms with Crippen molar-refractivity contribution >= 4 is 0 Å². The molecule has 0 radical (unpaired) electrons. The molecule has 0 spiro atoms. The van der Waals surface area contributed by atoms with Gasteiger partial charge in [-0.15, -0.1) is 6.58 Å². The average molecular weight is 113 g/mol. The highest BCUT2D eigenvalue weighted by Gasteiger charge is 1.99. The van der Waals surface area contributed by atoms with Crippen LogP contribution in [-0.2, 0) is 0 Å². The van der Waals surface area contributed by atoms with Crippen molar-refractivity contribution in [2.45, 2.75) is 12.5 Å². The topological polar surface area (TPSA) is 46.2 Å². The molecule has 0 amide bonds. The highest BCUT2D eigenvalue weighted by atomic mass is 16.3. The maximum atomic E-state index is 8.58. The van der Waals surface area contributed by atoms with E-state index in [1.54, 1.807) is 6.08 Å². The first-order chi connectivity index (χ1) is 3.68. The van der Waals surface area contributed by atoms with Gasteiger partial charge in [0.05, 0.1) is 6.04 Å². The maximum absolute atomic E-state index is 8.58. The van der Waals surface area contributed by atoms with Gasteiger partial charge in [-0.05, 0) is 6.42 Å². The number of hydrogen-bond acceptors (Lipinski definition) is 2. The number of nitrogens with two attached hydrogens (primary N) is 1. The quantitative estimate of drug-likeness (QED) is 0.423. The molecule has 0 bridgehead atoms. The molecule has 0 aliphatic carbocycles. The van der Waals surface area contributed by atoms with E-state index in [2.05, 4.69) is 13.2 Å². The van der Waals surface area contributed by atoms with E-state index in [1.807, 2.05) is 0 Å². The Morgan fingerprint density at radius 2 is 2.38 bits per heavy atom. The highest BCUT2D eigenvalue weighted by Crippen LogP contribution is 1.95. The van der Waals surface area contributed by atoms with Crippen LogP contribution >= 0.6 is 0 Å². The molecule has 0 aromatic heterocycles. The van der Waals surface area contributed by atoms with E-state index >= 15 is 0 Å². The van der Waals surface area contributed by atoms with Crippen molar-refractivity contribution in [1.29, 1.82) is 0 Å². The SMILES string of the molecule is C=CC[C@@H](N)C(=C)O. The predicted molar refractivity (Wildman–Crippen MR) is 34.6 cm³/mol. The Morgan fingerprint density at radius 1 is 1.88 bits per heavy atom. The van der Waals surface area contributed by atoms with Gasteiger partial charge in [0.25, 0.3) is 0 Å². The number of aliphatic hydroxyl groups is 1. The fourth-order valence-electron chi connectivity index (χ4n) is 0.316. The Labute approximate surface area is 49.3 Å². The summed E-state index contributed by atoms with van der Waals surface area (Å²) in [6.07, 6.45) is 2.22. The molecule has 3 N–H and O–H groups in total. The molecule has 2 nitrogen and oxygen atoms in total. The minimum atomic E-state index is -0.340. The Morgan fingerprint density at radius 3 is 2.50 bits per heavy atom. The van der Waals surface area contributed by atoms with E-state index in [-0.39, 0.29) is 11.8 Å². The van der Waals surface area contributed by atoms with Gasteiger partial charge < -0.3 is 10.8 Å². The van der Waals surface area contributed by atoms with Crippen LogP contribution in [0.4, 0.5) is 0 Å². The highest BCUT2D eigenvalue weighted by molar-refractivity contribution is 4.95. The molecule has 0 aliphatic rings. The van der Waals surface area contributed by atoms with E-state index in [1.165, 1.54) is 0 Å². The zero-order chi connectivity index (χ0) is 6.57. The molecule has 0 fully saturated rings. The molecule has 0 aromatic carbocycles. The summed E-state index contributed by atoms with van der Waals surface area (Å²) in [6, 6.07) is -0.340. The van der Waals surface area contributed by atoms with Gasteiger partial charge in [-0.1, -0.05) is 12.7 Å². The molecule has 0 heterocycles. The van der Waals surface area contributed by atoms with Crippen LogP contribution in [-0.4, -0.2) is 11.1 Å². The van der Waals surface area contributed by atoms with Crippen molar-refractivity contribution in [2.24, 2.45) is 5.73 Å². The van der Waals surface area contributed by atoms with Crippen LogP contribution in [0.1, 0.15) is 6.42 Å². The monoisotopic (exact) mass is 113 g/mol. The van der Waals surface area contributed by atoms with Gasteiger partial charge in [-0.3, -0.25) is 0 Å². The Balaban J connectivity index is 3.46. The second-order valence-corrected chi connectivity index (χ2v) is 1.62. The van der Waals surface area contributed by atoms with E-state index in [0.29, 0.717) is 6.42 Å². The Bertz CT molecular complexity index is 98.7. The second kappa shape index (κ2) is 3.27. The smallest absolute Gasteiger partial charge is 0.102 e. The van der Waals surface area contributed by atoms with Crippen LogP contribution in [0.25, 0.3) is 0 Å². The van der Waals surface area contributed by atoms with Crippen LogP contribution in [0.2, 0.25) is 0 Å². The first-order valence-electron chi connectivity index (χ1n) is 2.42. The lowest BCUT2D eigenvalue weighted by atomic mass is 10.2. The summed E-state index contributed by atoms with van der Waals surface area (Å²) in [5.74, 6) is 0.0184. The fraction of sp³-hybridized carbons (Fsp3) is 0.333. The van der Waals surface area contributed by atoms with Crippen molar-refractivity contribution in [3.8, 4) is 0 Å². The zero-order valence-electron chi connectivity index (χ0n) is 4.80. The molecule has 46 valence electrons. The molecule has 2 heteroatoms. The van der Waals surface area contributed by atoms with Crippen LogP contribution in [0, 0.1) is 0 Å². The molecule has 0 unspecified atom stereocenters. The second-order valence-electron chi connectivity index (χ2n) is 1.62. The molecular formula is C6H11NO. The van der Waals surface area contributed by atoms with E-state index in [4.69, 9.17) is 10.8 Å². The van der Waals surface area contributed by atoms with Gasteiger partial charge in [0.2, 0.25) is 0 Å². The van der Waals surface area contributed by atoms with Gasteiger partial charge in [0.15, 0.2) is 0 Å². The van der Waals surface area contributed by atoms with Crippen molar-refractivity contribution in [2.75, 3.05) is 0 Å². The van der Waals surface area contributed by atoms with E-state index in [0.717, 1.165) is 0 Å². The summed E-state index contributed by atoms with van der Waals surface area (Å²) in [5.41, 5.74) is 5.31. The summed E-state index contributed by atoms with van der Waals surface area (Å²) in [4.78, 5) is 0. The molecule has 0 saturated carbocycles. The minimum Gasteiger partial charge on any atom is -0.511 e. The van der Waals surface area contributed by atoms with Gasteiger partial charge >= 0.3 is 0 Å². The fourth-order valence-corrected chi connectivity index (χ4v) is 0.316. The third kappa shape index (κ3) is 2.42. The van der Waals surface area contributed by atoms with Gasteiger partial charge in [0, 0.05) is 0 Å². The molecule has 0 saturated heterocycles. The van der Waals surface area contributed by atoms with E-state index in [9.17, 15) is 0 Å². The summed E-state index contributed by atoms with van der Waals surface area (Å²) in [7, 11) is 0. The largest absolute Gasteiger partial charge is 0.511 e. The number of rotatable bonds is 3. The van der Waals surface area contributed by atoms with E-state index < -0.39 is 0 Å². The zero-order valence-corrected chi connectivity index (χ0v) is 4.80. The third-order valence-electron chi connectivity index (χ3n) is 0.849. The summed E-state index contributed by atoms with van der Waals surface area (Å²) < 4.78 is 0. The maximum Gasteiger partial charge on any atom is 0.102 e. The standard InChI is InChI=1S/C6H11NO/c1-3-4-6(7)5(2)8/h3,6,8H,1-2,4,7H2/t6-/m1/s1. The first-order valence-corrected chi connectivity index (χ1v) is 2.42. The summed E-state index contributed by atoms with van der Waals surface area (Å²) >= 11 is 0. The molecule has 8 heavy (non-hydrogen) atoms. The predicted octanol–water partition coefficient (Wildman–Crippen LogP) is 0.962. The first kappa shape index (κ1) is 7.24. The Hall–Kier alpha value is -0.760. The van der Waals surface area contributed by atoms with Gasteiger partial charge in [-0.2, -0.15) is 0 Å². The molecule has 0 aliphatic heterocycles. The summed E-state index contributed by atoms with van der Waals surface area (Å²) in [6.45, 7) is 6.71. The van der Waals surface area contributed by atoms with Gasteiger partial charge in [-0.25, -0.2) is 0 Å². The van der Waals surface area contributed by atoms with Crippen molar-refractivity contribution in [1.82, 2.24) is 0 Å². The van der Waals surface area contributed by atoms with Crippen LogP contribution < -0.4 is 5.73 Å². The lowest BCUT2D eigenvalue weighted by molar-refractivity contribution is 0.370. The third-order valence-corrected chi connectivity index (χ3v) is 0.849. The van der Waals surface area contributed by atoms with Crippen molar-refractivity contribution in [3.05, 3.63) is 25.0 Å². The lowest BCUT2D eigenvalue weighted by Gasteiger charge is -2.03.